The topological polar surface area (TPSA) is 64.3 Å². The van der Waals surface area contributed by atoms with Gasteiger partial charge < -0.3 is 15.8 Å². The molecule has 1 fully saturated rings. The van der Waals surface area contributed by atoms with Crippen LogP contribution < -0.4 is 15.8 Å². The summed E-state index contributed by atoms with van der Waals surface area (Å²) in [6, 6.07) is 7.96. The summed E-state index contributed by atoms with van der Waals surface area (Å²) in [6.45, 7) is 4.01. The number of methoxy groups -OCH3 is 1. The summed E-state index contributed by atoms with van der Waals surface area (Å²) in [7, 11) is 1.65. The molecular weight excluding hydrogens is 264 g/mol. The van der Waals surface area contributed by atoms with Crippen LogP contribution in [-0.2, 0) is 10.3 Å². The van der Waals surface area contributed by atoms with Gasteiger partial charge in [0.2, 0.25) is 5.91 Å². The van der Waals surface area contributed by atoms with E-state index >= 15 is 0 Å². The zero-order valence-corrected chi connectivity index (χ0v) is 13.2. The van der Waals surface area contributed by atoms with Gasteiger partial charge in [0, 0.05) is 17.5 Å². The summed E-state index contributed by atoms with van der Waals surface area (Å²) in [6.07, 6.45) is 3.78. The Bertz CT molecular complexity index is 499. The summed E-state index contributed by atoms with van der Waals surface area (Å²) in [4.78, 5) is 12.5. The van der Waals surface area contributed by atoms with Crippen molar-refractivity contribution in [1.29, 1.82) is 0 Å². The Kier molecular flexibility index (Phi) is 4.88. The second-order valence-corrected chi connectivity index (χ2v) is 6.44. The molecule has 3 N–H and O–H groups in total. The van der Waals surface area contributed by atoms with Crippen LogP contribution in [0.25, 0.3) is 0 Å². The molecule has 4 nitrogen and oxygen atoms in total. The molecule has 0 aliphatic heterocycles. The van der Waals surface area contributed by atoms with E-state index in [-0.39, 0.29) is 17.9 Å². The molecule has 1 aromatic carbocycles. The van der Waals surface area contributed by atoms with Gasteiger partial charge in [0.25, 0.3) is 0 Å². The van der Waals surface area contributed by atoms with Crippen molar-refractivity contribution >= 4 is 5.91 Å². The molecule has 1 aliphatic carbocycles. The first kappa shape index (κ1) is 15.8. The fourth-order valence-corrected chi connectivity index (χ4v) is 3.10. The molecule has 1 amide bonds. The molecule has 0 aromatic heterocycles. The largest absolute Gasteiger partial charge is 0.496 e. The minimum Gasteiger partial charge on any atom is -0.496 e. The first-order valence-electron chi connectivity index (χ1n) is 7.65. The molecule has 2 atom stereocenters. The molecular formula is C17H26N2O2. The Morgan fingerprint density at radius 3 is 2.71 bits per heavy atom. The Labute approximate surface area is 127 Å². The normalized spacial score (nSPS) is 22.7. The van der Waals surface area contributed by atoms with Crippen molar-refractivity contribution in [3.05, 3.63) is 29.8 Å². The lowest BCUT2D eigenvalue weighted by Crippen LogP contribution is -2.46. The summed E-state index contributed by atoms with van der Waals surface area (Å²) in [5.74, 6) is 0.923. The van der Waals surface area contributed by atoms with E-state index in [9.17, 15) is 4.79 Å². The van der Waals surface area contributed by atoms with Crippen LogP contribution >= 0.6 is 0 Å². The van der Waals surface area contributed by atoms with Gasteiger partial charge in [-0.15, -0.1) is 0 Å². The van der Waals surface area contributed by atoms with E-state index in [2.05, 4.69) is 5.32 Å². The van der Waals surface area contributed by atoms with Crippen LogP contribution in [0, 0.1) is 5.92 Å². The van der Waals surface area contributed by atoms with Crippen LogP contribution in [0.2, 0.25) is 0 Å². The number of nitrogens with two attached hydrogens (primary N) is 1. The second-order valence-electron chi connectivity index (χ2n) is 6.44. The molecule has 0 saturated heterocycles. The van der Waals surface area contributed by atoms with Gasteiger partial charge in [-0.25, -0.2) is 0 Å². The predicted molar refractivity (Wildman–Crippen MR) is 84.1 cm³/mol. The highest BCUT2D eigenvalue weighted by Crippen LogP contribution is 2.31. The van der Waals surface area contributed by atoms with Gasteiger partial charge >= 0.3 is 0 Å². The van der Waals surface area contributed by atoms with Gasteiger partial charge in [0.15, 0.2) is 0 Å². The third kappa shape index (κ3) is 3.76. The monoisotopic (exact) mass is 290 g/mol. The molecule has 0 bridgehead atoms. The number of carbonyl (C=O) groups is 1. The molecule has 4 heteroatoms. The quantitative estimate of drug-likeness (QED) is 0.895. The van der Waals surface area contributed by atoms with Crippen LogP contribution in [-0.4, -0.2) is 19.1 Å². The van der Waals surface area contributed by atoms with E-state index in [0.29, 0.717) is 0 Å². The van der Waals surface area contributed by atoms with Crippen molar-refractivity contribution in [3.8, 4) is 5.75 Å². The number of benzene rings is 1. The molecule has 0 radical (unpaired) electrons. The fraction of sp³-hybridized carbons (Fsp3) is 0.588. The van der Waals surface area contributed by atoms with Crippen molar-refractivity contribution in [2.45, 2.75) is 51.1 Å². The van der Waals surface area contributed by atoms with E-state index in [1.54, 1.807) is 7.11 Å². The van der Waals surface area contributed by atoms with Crippen molar-refractivity contribution in [3.63, 3.8) is 0 Å². The number of para-hydroxylation sites is 1. The molecule has 1 aromatic rings. The summed E-state index contributed by atoms with van der Waals surface area (Å²) >= 11 is 0. The first-order valence-corrected chi connectivity index (χ1v) is 7.65. The Morgan fingerprint density at radius 1 is 1.33 bits per heavy atom. The molecule has 21 heavy (non-hydrogen) atoms. The van der Waals surface area contributed by atoms with Crippen molar-refractivity contribution in [1.82, 2.24) is 5.32 Å². The van der Waals surface area contributed by atoms with Gasteiger partial charge in [0.05, 0.1) is 12.6 Å². The number of amides is 1. The third-order valence-electron chi connectivity index (χ3n) is 4.30. The van der Waals surface area contributed by atoms with E-state index in [4.69, 9.17) is 10.5 Å². The molecule has 1 aliphatic rings. The van der Waals surface area contributed by atoms with Gasteiger partial charge in [-0.05, 0) is 39.2 Å². The van der Waals surface area contributed by atoms with Gasteiger partial charge in [-0.3, -0.25) is 4.79 Å². The minimum atomic E-state index is -0.467. The van der Waals surface area contributed by atoms with Crippen molar-refractivity contribution in [2.75, 3.05) is 7.11 Å². The number of ether oxygens (including phenoxy) is 1. The third-order valence-corrected chi connectivity index (χ3v) is 4.30. The lowest BCUT2D eigenvalue weighted by atomic mass is 9.84. The maximum atomic E-state index is 12.5. The lowest BCUT2D eigenvalue weighted by Gasteiger charge is -2.32. The first-order chi connectivity index (χ1) is 9.94. The van der Waals surface area contributed by atoms with E-state index in [0.717, 1.165) is 37.0 Å². The lowest BCUT2D eigenvalue weighted by molar-refractivity contribution is -0.127. The Hall–Kier alpha value is -1.55. The van der Waals surface area contributed by atoms with Gasteiger partial charge in [-0.1, -0.05) is 24.6 Å². The number of rotatable bonds is 4. The van der Waals surface area contributed by atoms with Crippen LogP contribution in [0.15, 0.2) is 24.3 Å². The molecule has 116 valence electrons. The standard InChI is InChI=1S/C17H26N2O2/c1-17(2,14-9-4-5-10-15(14)21-3)19-16(20)12-7-6-8-13(18)11-12/h4-5,9-10,12-13H,6-8,11,18H2,1-3H3,(H,19,20). The van der Waals surface area contributed by atoms with Crippen LogP contribution in [0.3, 0.4) is 0 Å². The zero-order chi connectivity index (χ0) is 15.5. The smallest absolute Gasteiger partial charge is 0.223 e. The van der Waals surface area contributed by atoms with Crippen molar-refractivity contribution < 1.29 is 9.53 Å². The highest BCUT2D eigenvalue weighted by molar-refractivity contribution is 5.79. The molecule has 0 heterocycles. The summed E-state index contributed by atoms with van der Waals surface area (Å²) in [5.41, 5.74) is 6.50. The molecule has 1 saturated carbocycles. The summed E-state index contributed by atoms with van der Waals surface area (Å²) < 4.78 is 5.40. The highest BCUT2D eigenvalue weighted by Gasteiger charge is 2.31. The average Bonchev–Trinajstić information content (AvgIpc) is 2.46. The SMILES string of the molecule is COc1ccccc1C(C)(C)NC(=O)C1CCCC(N)C1. The van der Waals surface area contributed by atoms with Gasteiger partial charge in [-0.2, -0.15) is 0 Å². The number of carbonyl (C=O) groups excluding carboxylic acids is 1. The van der Waals surface area contributed by atoms with E-state index < -0.39 is 5.54 Å². The summed E-state index contributed by atoms with van der Waals surface area (Å²) in [5, 5.41) is 3.16. The van der Waals surface area contributed by atoms with Crippen LogP contribution in [0.4, 0.5) is 0 Å². The zero-order valence-electron chi connectivity index (χ0n) is 13.2. The van der Waals surface area contributed by atoms with Gasteiger partial charge in [0.1, 0.15) is 5.75 Å². The van der Waals surface area contributed by atoms with Crippen LogP contribution in [0.5, 0.6) is 5.75 Å². The molecule has 2 rings (SSSR count). The maximum Gasteiger partial charge on any atom is 0.223 e. The number of hydrogen-bond donors (Lipinski definition) is 2. The van der Waals surface area contributed by atoms with Crippen molar-refractivity contribution in [2.24, 2.45) is 11.7 Å². The van der Waals surface area contributed by atoms with E-state index in [1.807, 2.05) is 38.1 Å². The Morgan fingerprint density at radius 2 is 2.05 bits per heavy atom. The fourth-order valence-electron chi connectivity index (χ4n) is 3.10. The minimum absolute atomic E-state index is 0.0303. The number of hydrogen-bond acceptors (Lipinski definition) is 3. The Balaban J connectivity index is 2.11. The second kappa shape index (κ2) is 6.48. The van der Waals surface area contributed by atoms with Crippen LogP contribution in [0.1, 0.15) is 45.1 Å². The predicted octanol–water partition coefficient (Wildman–Crippen LogP) is 2.56. The molecule has 0 spiro atoms. The highest BCUT2D eigenvalue weighted by atomic mass is 16.5. The maximum absolute atomic E-state index is 12.5. The number of nitrogens with one attached hydrogen (secondary N) is 1. The molecule has 2 unspecified atom stereocenters. The average molecular weight is 290 g/mol. The van der Waals surface area contributed by atoms with E-state index in [1.165, 1.54) is 0 Å².